The molecule has 2 atom stereocenters. The molecule has 0 heterocycles. The Balaban J connectivity index is 4.46. The van der Waals surface area contributed by atoms with Gasteiger partial charge in [0.15, 0.2) is 0 Å². The fourth-order valence-corrected chi connectivity index (χ4v) is 1.87. The topological polar surface area (TPSA) is 83.6 Å². The first kappa shape index (κ1) is 14.9. The van der Waals surface area contributed by atoms with Crippen LogP contribution < -0.4 is 5.73 Å². The number of nitrogens with zero attached hydrogens (tertiary/aromatic N) is 1. The predicted octanol–water partition coefficient (Wildman–Crippen LogP) is 1.29. The van der Waals surface area contributed by atoms with Gasteiger partial charge in [0.05, 0.1) is 12.0 Å². The smallest absolute Gasteiger partial charge is 0.233 e. The number of nitrogens with two attached hydrogens (primary N) is 1. The highest BCUT2D eigenvalue weighted by molar-refractivity contribution is 5.77. The van der Waals surface area contributed by atoms with Crippen LogP contribution in [0.25, 0.3) is 0 Å². The zero-order chi connectivity index (χ0) is 12.6. The molecule has 0 aromatic heterocycles. The number of carbonyl (C=O) groups excluding carboxylic acids is 2. The Labute approximate surface area is 96.6 Å². The number of amides is 2. The van der Waals surface area contributed by atoms with Crippen molar-refractivity contribution in [1.29, 1.82) is 0 Å². The minimum atomic E-state index is -0.508. The second-order valence-electron chi connectivity index (χ2n) is 3.97. The Morgan fingerprint density at radius 2 is 2.06 bits per heavy atom. The highest BCUT2D eigenvalue weighted by atomic mass is 16.5. The van der Waals surface area contributed by atoms with Crippen LogP contribution in [0.4, 0.5) is 0 Å². The van der Waals surface area contributed by atoms with Gasteiger partial charge in [-0.2, -0.15) is 0 Å². The van der Waals surface area contributed by atoms with E-state index in [1.54, 1.807) is 0 Å². The maximum Gasteiger partial charge on any atom is 0.233 e. The van der Waals surface area contributed by atoms with Gasteiger partial charge in [-0.1, -0.05) is 33.1 Å². The molecular weight excluding hydrogens is 208 g/mol. The van der Waals surface area contributed by atoms with Crippen LogP contribution in [0, 0.1) is 5.92 Å². The lowest BCUT2D eigenvalue weighted by atomic mass is 9.91. The van der Waals surface area contributed by atoms with Gasteiger partial charge in [0.25, 0.3) is 0 Å². The molecule has 0 bridgehead atoms. The van der Waals surface area contributed by atoms with Gasteiger partial charge in [-0.3, -0.25) is 14.8 Å². The molecule has 0 spiro atoms. The van der Waals surface area contributed by atoms with Crippen LogP contribution in [0.1, 0.15) is 46.0 Å². The summed E-state index contributed by atoms with van der Waals surface area (Å²) in [6.45, 7) is 3.88. The second-order valence-corrected chi connectivity index (χ2v) is 3.97. The van der Waals surface area contributed by atoms with Crippen molar-refractivity contribution in [3.8, 4) is 0 Å². The van der Waals surface area contributed by atoms with Crippen LogP contribution in [-0.4, -0.2) is 28.6 Å². The monoisotopic (exact) mass is 230 g/mol. The molecule has 0 aliphatic carbocycles. The Kier molecular flexibility index (Phi) is 7.54. The van der Waals surface area contributed by atoms with Gasteiger partial charge < -0.3 is 5.73 Å². The number of hydrogen-bond acceptors (Lipinski definition) is 3. The van der Waals surface area contributed by atoms with Gasteiger partial charge in [0, 0.05) is 0 Å². The molecule has 5 heteroatoms. The maximum atomic E-state index is 11.3. The molecule has 16 heavy (non-hydrogen) atoms. The van der Waals surface area contributed by atoms with Gasteiger partial charge in [-0.15, -0.1) is 0 Å². The van der Waals surface area contributed by atoms with Crippen molar-refractivity contribution >= 4 is 12.3 Å². The van der Waals surface area contributed by atoms with E-state index in [2.05, 4.69) is 6.92 Å². The van der Waals surface area contributed by atoms with E-state index in [-0.39, 0.29) is 0 Å². The fourth-order valence-electron chi connectivity index (χ4n) is 1.87. The van der Waals surface area contributed by atoms with Gasteiger partial charge in [0.1, 0.15) is 0 Å². The third-order valence-corrected chi connectivity index (χ3v) is 2.81. The highest BCUT2D eigenvalue weighted by Gasteiger charge is 2.28. The van der Waals surface area contributed by atoms with Crippen LogP contribution in [0.3, 0.4) is 0 Å². The molecule has 0 aliphatic heterocycles. The van der Waals surface area contributed by atoms with Crippen LogP contribution in [0.15, 0.2) is 0 Å². The number of hydroxylamine groups is 2. The maximum absolute atomic E-state index is 11.3. The summed E-state index contributed by atoms with van der Waals surface area (Å²) in [6, 6.07) is -0.508. The number of rotatable bonds is 9. The molecule has 0 saturated heterocycles. The van der Waals surface area contributed by atoms with Crippen molar-refractivity contribution in [2.45, 2.75) is 52.0 Å². The van der Waals surface area contributed by atoms with Crippen LogP contribution in [-0.2, 0) is 9.59 Å². The fraction of sp³-hybridized carbons (Fsp3) is 0.818. The van der Waals surface area contributed by atoms with E-state index in [1.165, 1.54) is 0 Å². The van der Waals surface area contributed by atoms with Crippen LogP contribution in [0.5, 0.6) is 0 Å². The summed E-state index contributed by atoms with van der Waals surface area (Å²) in [6.07, 6.45) is 4.41. The van der Waals surface area contributed by atoms with Gasteiger partial charge >= 0.3 is 0 Å². The molecule has 0 aromatic carbocycles. The first-order valence-electron chi connectivity index (χ1n) is 5.80. The number of primary amides is 1. The third kappa shape index (κ3) is 4.61. The van der Waals surface area contributed by atoms with Gasteiger partial charge in [0.2, 0.25) is 12.3 Å². The lowest BCUT2D eigenvalue weighted by Crippen LogP contribution is -2.43. The molecule has 0 rings (SSSR count). The summed E-state index contributed by atoms with van der Waals surface area (Å²) in [5.41, 5.74) is 5.30. The molecule has 2 amide bonds. The van der Waals surface area contributed by atoms with Crippen molar-refractivity contribution in [2.24, 2.45) is 11.7 Å². The van der Waals surface area contributed by atoms with E-state index in [4.69, 9.17) is 5.73 Å². The average molecular weight is 230 g/mol. The summed E-state index contributed by atoms with van der Waals surface area (Å²) in [4.78, 5) is 21.8. The van der Waals surface area contributed by atoms with Gasteiger partial charge in [-0.25, -0.2) is 5.06 Å². The molecule has 3 N–H and O–H groups in total. The molecule has 0 fully saturated rings. The Bertz CT molecular complexity index is 221. The van der Waals surface area contributed by atoms with E-state index in [0.717, 1.165) is 19.3 Å². The first-order chi connectivity index (χ1) is 7.58. The predicted molar refractivity (Wildman–Crippen MR) is 60.6 cm³/mol. The molecule has 0 radical (unpaired) electrons. The number of hydrogen-bond donors (Lipinski definition) is 2. The summed E-state index contributed by atoms with van der Waals surface area (Å²) < 4.78 is 0. The summed E-state index contributed by atoms with van der Waals surface area (Å²) >= 11 is 0. The van der Waals surface area contributed by atoms with Crippen molar-refractivity contribution in [1.82, 2.24) is 5.06 Å². The van der Waals surface area contributed by atoms with E-state index in [9.17, 15) is 14.8 Å². The largest absolute Gasteiger partial charge is 0.369 e. The van der Waals surface area contributed by atoms with Gasteiger partial charge in [-0.05, 0) is 12.8 Å². The molecule has 5 nitrogen and oxygen atoms in total. The standard InChI is InChI=1S/C11H22N2O3/c1-3-5-6-7-9(11(12)15)10(4-2)13(16)8-14/h8-10,16H,3-7H2,1-2H3,(H2,12,15). The van der Waals surface area contributed by atoms with E-state index in [1.807, 2.05) is 6.92 Å². The average Bonchev–Trinajstić information content (AvgIpc) is 2.27. The Morgan fingerprint density at radius 1 is 1.44 bits per heavy atom. The lowest BCUT2D eigenvalue weighted by molar-refractivity contribution is -0.168. The quantitative estimate of drug-likeness (QED) is 0.271. The van der Waals surface area contributed by atoms with Crippen molar-refractivity contribution in [3.05, 3.63) is 0 Å². The summed E-state index contributed by atoms with van der Waals surface area (Å²) in [5, 5.41) is 9.91. The van der Waals surface area contributed by atoms with Crippen molar-refractivity contribution in [3.63, 3.8) is 0 Å². The van der Waals surface area contributed by atoms with Crippen molar-refractivity contribution < 1.29 is 14.8 Å². The Hall–Kier alpha value is -1.10. The third-order valence-electron chi connectivity index (χ3n) is 2.81. The molecule has 0 aliphatic rings. The highest BCUT2D eigenvalue weighted by Crippen LogP contribution is 2.19. The minimum Gasteiger partial charge on any atom is -0.369 e. The van der Waals surface area contributed by atoms with Crippen molar-refractivity contribution in [2.75, 3.05) is 0 Å². The number of carbonyl (C=O) groups is 2. The first-order valence-corrected chi connectivity index (χ1v) is 5.80. The molecule has 94 valence electrons. The number of unbranched alkanes of at least 4 members (excludes halogenated alkanes) is 2. The summed E-state index contributed by atoms with van der Waals surface area (Å²) in [5.74, 6) is -0.921. The van der Waals surface area contributed by atoms with E-state index >= 15 is 0 Å². The Morgan fingerprint density at radius 3 is 2.44 bits per heavy atom. The molecule has 0 saturated carbocycles. The lowest BCUT2D eigenvalue weighted by Gasteiger charge is -2.27. The summed E-state index contributed by atoms with van der Waals surface area (Å²) in [7, 11) is 0. The minimum absolute atomic E-state index is 0.323. The SMILES string of the molecule is CCCCCC(C(N)=O)C(CC)N(O)C=O. The zero-order valence-corrected chi connectivity index (χ0v) is 10.1. The van der Waals surface area contributed by atoms with E-state index < -0.39 is 17.9 Å². The molecule has 0 aromatic rings. The van der Waals surface area contributed by atoms with E-state index in [0.29, 0.717) is 24.3 Å². The van der Waals surface area contributed by atoms with Crippen LogP contribution >= 0.6 is 0 Å². The zero-order valence-electron chi connectivity index (χ0n) is 10.1. The van der Waals surface area contributed by atoms with Crippen LogP contribution in [0.2, 0.25) is 0 Å². The normalized spacial score (nSPS) is 14.2. The second kappa shape index (κ2) is 8.10. The molecular formula is C11H22N2O3. The molecule has 2 unspecified atom stereocenters.